The highest BCUT2D eigenvalue weighted by atomic mass is 35.5. The molecule has 0 N–H and O–H groups in total. The third-order valence-corrected chi connectivity index (χ3v) is 5.62. The van der Waals surface area contributed by atoms with Crippen molar-refractivity contribution in [1.29, 1.82) is 0 Å². The summed E-state index contributed by atoms with van der Waals surface area (Å²) >= 11 is 6.17. The second kappa shape index (κ2) is 8.25. The summed E-state index contributed by atoms with van der Waals surface area (Å²) < 4.78 is 2.25. The van der Waals surface area contributed by atoms with Crippen molar-refractivity contribution in [2.45, 2.75) is 6.92 Å². The largest absolute Gasteiger partial charge is 0.292 e. The maximum absolute atomic E-state index is 6.17. The van der Waals surface area contributed by atoms with E-state index in [1.54, 1.807) is 0 Å². The molecule has 0 bridgehead atoms. The number of rotatable bonds is 4. The zero-order chi connectivity index (χ0) is 21.2. The molecule has 4 aromatic carbocycles. The topological polar surface area (TPSA) is 17.8 Å². The van der Waals surface area contributed by atoms with E-state index in [1.807, 2.05) is 36.4 Å². The standard InChI is InChI=1S/C28H21ClN2/c1-20-12-18-25(19-13-20)31-27(22-10-6-3-7-11-22)26(21-8-4-2-5-9-21)30-28(31)23-14-16-24(29)17-15-23/h2-19H,1H3. The average Bonchev–Trinajstić information content (AvgIpc) is 3.22. The van der Waals surface area contributed by atoms with Crippen LogP contribution in [0.4, 0.5) is 0 Å². The highest BCUT2D eigenvalue weighted by molar-refractivity contribution is 6.30. The molecule has 0 saturated heterocycles. The van der Waals surface area contributed by atoms with Gasteiger partial charge in [0.05, 0.1) is 11.4 Å². The predicted octanol–water partition coefficient (Wildman–Crippen LogP) is 7.84. The van der Waals surface area contributed by atoms with E-state index in [0.29, 0.717) is 5.02 Å². The molecule has 2 nitrogen and oxygen atoms in total. The molecule has 31 heavy (non-hydrogen) atoms. The molecule has 5 aromatic rings. The molecular formula is C28H21ClN2. The first-order valence-corrected chi connectivity index (χ1v) is 10.6. The Morgan fingerprint density at radius 2 is 1.19 bits per heavy atom. The molecule has 0 aliphatic rings. The van der Waals surface area contributed by atoms with Crippen LogP contribution in [0.25, 0.3) is 39.6 Å². The SMILES string of the molecule is Cc1ccc(-n2c(-c3ccc(Cl)cc3)nc(-c3ccccc3)c2-c2ccccc2)cc1. The smallest absolute Gasteiger partial charge is 0.145 e. The van der Waals surface area contributed by atoms with Crippen LogP contribution in [0.3, 0.4) is 0 Å². The van der Waals surface area contributed by atoms with Crippen LogP contribution in [0.1, 0.15) is 5.56 Å². The number of halogens is 1. The van der Waals surface area contributed by atoms with Gasteiger partial charge in [0.25, 0.3) is 0 Å². The van der Waals surface area contributed by atoms with E-state index in [4.69, 9.17) is 16.6 Å². The summed E-state index contributed by atoms with van der Waals surface area (Å²) in [6.07, 6.45) is 0. The lowest BCUT2D eigenvalue weighted by molar-refractivity contribution is 1.07. The average molecular weight is 421 g/mol. The third kappa shape index (κ3) is 3.78. The summed E-state index contributed by atoms with van der Waals surface area (Å²) in [6.45, 7) is 2.10. The van der Waals surface area contributed by atoms with Gasteiger partial charge in [0.1, 0.15) is 5.82 Å². The van der Waals surface area contributed by atoms with Crippen LogP contribution in [0.2, 0.25) is 5.02 Å². The van der Waals surface area contributed by atoms with Crippen molar-refractivity contribution in [3.05, 3.63) is 120 Å². The summed E-state index contributed by atoms with van der Waals surface area (Å²) in [5.74, 6) is 0.887. The fraction of sp³-hybridized carbons (Fsp3) is 0.0357. The summed E-state index contributed by atoms with van der Waals surface area (Å²) in [5.41, 5.74) is 7.55. The highest BCUT2D eigenvalue weighted by Gasteiger charge is 2.22. The Morgan fingerprint density at radius 1 is 0.613 bits per heavy atom. The van der Waals surface area contributed by atoms with E-state index in [0.717, 1.165) is 39.6 Å². The van der Waals surface area contributed by atoms with Crippen molar-refractivity contribution in [1.82, 2.24) is 9.55 Å². The maximum atomic E-state index is 6.17. The van der Waals surface area contributed by atoms with Gasteiger partial charge in [0.2, 0.25) is 0 Å². The zero-order valence-electron chi connectivity index (χ0n) is 17.2. The Balaban J connectivity index is 1.87. The van der Waals surface area contributed by atoms with Gasteiger partial charge in [-0.3, -0.25) is 4.57 Å². The third-order valence-electron chi connectivity index (χ3n) is 5.37. The number of hydrogen-bond acceptors (Lipinski definition) is 1. The Labute approximate surface area is 187 Å². The number of benzene rings is 4. The Morgan fingerprint density at radius 3 is 1.81 bits per heavy atom. The zero-order valence-corrected chi connectivity index (χ0v) is 17.9. The molecule has 1 heterocycles. The molecule has 0 aliphatic carbocycles. The number of nitrogens with zero attached hydrogens (tertiary/aromatic N) is 2. The molecule has 0 spiro atoms. The van der Waals surface area contributed by atoms with Gasteiger partial charge in [0, 0.05) is 27.4 Å². The van der Waals surface area contributed by atoms with Crippen LogP contribution in [0.5, 0.6) is 0 Å². The van der Waals surface area contributed by atoms with Gasteiger partial charge < -0.3 is 0 Å². The summed E-state index contributed by atoms with van der Waals surface area (Å²) in [6, 6.07) is 37.3. The minimum absolute atomic E-state index is 0.712. The lowest BCUT2D eigenvalue weighted by atomic mass is 10.0. The first kappa shape index (κ1) is 19.3. The van der Waals surface area contributed by atoms with E-state index in [2.05, 4.69) is 84.3 Å². The van der Waals surface area contributed by atoms with E-state index in [9.17, 15) is 0 Å². The monoisotopic (exact) mass is 420 g/mol. The normalized spacial score (nSPS) is 10.9. The first-order valence-electron chi connectivity index (χ1n) is 10.3. The molecule has 0 radical (unpaired) electrons. The van der Waals surface area contributed by atoms with E-state index >= 15 is 0 Å². The Kier molecular flexibility index (Phi) is 5.15. The lowest BCUT2D eigenvalue weighted by Gasteiger charge is -2.14. The van der Waals surface area contributed by atoms with Gasteiger partial charge in [-0.15, -0.1) is 0 Å². The molecule has 1 aromatic heterocycles. The van der Waals surface area contributed by atoms with Crippen molar-refractivity contribution in [3.8, 4) is 39.6 Å². The fourth-order valence-corrected chi connectivity index (χ4v) is 3.94. The van der Waals surface area contributed by atoms with E-state index in [-0.39, 0.29) is 0 Å². The van der Waals surface area contributed by atoms with Crippen molar-refractivity contribution >= 4 is 11.6 Å². The van der Waals surface area contributed by atoms with Gasteiger partial charge in [0.15, 0.2) is 0 Å². The number of imidazole rings is 1. The molecule has 5 rings (SSSR count). The van der Waals surface area contributed by atoms with Crippen molar-refractivity contribution in [3.63, 3.8) is 0 Å². The number of aryl methyl sites for hydroxylation is 1. The van der Waals surface area contributed by atoms with Gasteiger partial charge in [-0.05, 0) is 43.3 Å². The lowest BCUT2D eigenvalue weighted by Crippen LogP contribution is -2.00. The molecule has 150 valence electrons. The summed E-state index contributed by atoms with van der Waals surface area (Å²) in [5, 5.41) is 0.712. The quantitative estimate of drug-likeness (QED) is 0.289. The van der Waals surface area contributed by atoms with Crippen LogP contribution in [0, 0.1) is 6.92 Å². The molecule has 0 aliphatic heterocycles. The number of hydrogen-bond donors (Lipinski definition) is 0. The minimum atomic E-state index is 0.712. The molecule has 3 heteroatoms. The van der Waals surface area contributed by atoms with Crippen LogP contribution < -0.4 is 0 Å². The first-order chi connectivity index (χ1) is 15.2. The summed E-state index contributed by atoms with van der Waals surface area (Å²) in [7, 11) is 0. The molecule has 0 amide bonds. The molecule has 0 atom stereocenters. The predicted molar refractivity (Wildman–Crippen MR) is 130 cm³/mol. The van der Waals surface area contributed by atoms with Gasteiger partial charge in [-0.25, -0.2) is 4.98 Å². The molecule has 0 fully saturated rings. The van der Waals surface area contributed by atoms with E-state index < -0.39 is 0 Å². The maximum Gasteiger partial charge on any atom is 0.145 e. The minimum Gasteiger partial charge on any atom is -0.292 e. The Hall–Kier alpha value is -3.62. The van der Waals surface area contributed by atoms with Gasteiger partial charge in [-0.2, -0.15) is 0 Å². The van der Waals surface area contributed by atoms with Gasteiger partial charge >= 0.3 is 0 Å². The second-order valence-corrected chi connectivity index (χ2v) is 7.98. The van der Waals surface area contributed by atoms with Crippen molar-refractivity contribution < 1.29 is 0 Å². The Bertz CT molecular complexity index is 1300. The second-order valence-electron chi connectivity index (χ2n) is 7.54. The fourth-order valence-electron chi connectivity index (χ4n) is 3.82. The van der Waals surface area contributed by atoms with Crippen LogP contribution in [-0.4, -0.2) is 9.55 Å². The molecule has 0 saturated carbocycles. The summed E-state index contributed by atoms with van der Waals surface area (Å²) in [4.78, 5) is 5.18. The van der Waals surface area contributed by atoms with Crippen LogP contribution >= 0.6 is 11.6 Å². The molecule has 0 unspecified atom stereocenters. The number of aromatic nitrogens is 2. The van der Waals surface area contributed by atoms with Crippen LogP contribution in [-0.2, 0) is 0 Å². The van der Waals surface area contributed by atoms with E-state index in [1.165, 1.54) is 5.56 Å². The van der Waals surface area contributed by atoms with Gasteiger partial charge in [-0.1, -0.05) is 90.0 Å². The highest BCUT2D eigenvalue weighted by Crippen LogP contribution is 2.38. The van der Waals surface area contributed by atoms with Crippen molar-refractivity contribution in [2.24, 2.45) is 0 Å². The van der Waals surface area contributed by atoms with Crippen molar-refractivity contribution in [2.75, 3.05) is 0 Å². The molecular weight excluding hydrogens is 400 g/mol. The van der Waals surface area contributed by atoms with Crippen LogP contribution in [0.15, 0.2) is 109 Å².